The van der Waals surface area contributed by atoms with Crippen molar-refractivity contribution in [3.05, 3.63) is 0 Å². The van der Waals surface area contributed by atoms with Crippen molar-refractivity contribution in [2.45, 2.75) is 6.92 Å². The average Bonchev–Trinajstić information content (AvgIpc) is 1.30. The van der Waals surface area contributed by atoms with Crippen LogP contribution in [0.1, 0.15) is 6.92 Å². The zero-order valence-electron chi connectivity index (χ0n) is 6.84. The largest absolute Gasteiger partial charge is 1.00 e. The molecule has 0 aromatic rings. The zero-order valence-corrected chi connectivity index (χ0v) is 13.8. The van der Waals surface area contributed by atoms with Crippen molar-refractivity contribution < 1.29 is 107 Å². The molecule has 0 saturated carbocycles. The maximum Gasteiger partial charge on any atom is 1.00 e. The molecule has 0 aromatic carbocycles. The molecule has 4 nitrogen and oxygen atoms in total. The summed E-state index contributed by atoms with van der Waals surface area (Å²) >= 11 is 0. The number of hydrogen-bond donors (Lipinski definition) is 0. The predicted octanol–water partition coefficient (Wildman–Crippen LogP) is -12.4. The molecule has 0 fully saturated rings. The maximum atomic E-state index is 9.51. The van der Waals surface area contributed by atoms with Crippen molar-refractivity contribution in [3.63, 3.8) is 0 Å². The van der Waals surface area contributed by atoms with E-state index in [1.807, 2.05) is 0 Å². The van der Waals surface area contributed by atoms with Crippen LogP contribution in [0.25, 0.3) is 0 Å². The molecule has 0 saturated heterocycles. The van der Waals surface area contributed by atoms with Crippen LogP contribution in [0.15, 0.2) is 0 Å². The van der Waals surface area contributed by atoms with Gasteiger partial charge in [0.05, 0.1) is 0 Å². The van der Waals surface area contributed by atoms with Crippen molar-refractivity contribution in [1.82, 2.24) is 0 Å². The maximum absolute atomic E-state index is 9.51. The van der Waals surface area contributed by atoms with Crippen molar-refractivity contribution >= 4 is 9.05 Å². The Kier molecular flexibility index (Phi) is 27.9. The van der Waals surface area contributed by atoms with Crippen LogP contribution in [0.2, 0.25) is 0 Å². The quantitative estimate of drug-likeness (QED) is 0.405. The van der Waals surface area contributed by atoms with Crippen LogP contribution in [0.3, 0.4) is 0 Å². The van der Waals surface area contributed by atoms with E-state index in [-0.39, 0.29) is 95.3 Å². The van der Waals surface area contributed by atoms with E-state index in [9.17, 15) is 14.4 Å². The van der Waals surface area contributed by atoms with Crippen LogP contribution in [0.4, 0.5) is 0 Å². The van der Waals surface area contributed by atoms with E-state index in [0.717, 1.165) is 0 Å². The van der Waals surface area contributed by atoms with Crippen molar-refractivity contribution in [2.24, 2.45) is 0 Å². The van der Waals surface area contributed by atoms with Crippen LogP contribution < -0.4 is 103 Å². The molecule has 0 bridgehead atoms. The van der Waals surface area contributed by atoms with Crippen molar-refractivity contribution in [1.29, 1.82) is 0 Å². The fourth-order valence-corrected chi connectivity index (χ4v) is 0.530. The van der Waals surface area contributed by atoms with Gasteiger partial charge < -0.3 is 18.8 Å². The van der Waals surface area contributed by atoms with E-state index in [2.05, 4.69) is 4.43 Å². The fraction of sp³-hybridized carbons (Fsp3) is 1.00. The van der Waals surface area contributed by atoms with Crippen molar-refractivity contribution in [2.75, 3.05) is 6.61 Å². The standard InChI is InChI=1S/C2H5O4Si.3Na/c1-2-6-7(3,4)5;;;/h2H2,1H3;;;/q-3;3*+1. The zero-order chi connectivity index (χ0) is 5.91. The van der Waals surface area contributed by atoms with E-state index >= 15 is 0 Å². The molecule has 0 spiro atoms. The second-order valence-corrected chi connectivity index (χ2v) is 2.22. The van der Waals surface area contributed by atoms with Gasteiger partial charge in [-0.05, 0) is 6.92 Å². The van der Waals surface area contributed by atoms with Gasteiger partial charge in [0.2, 0.25) is 0 Å². The topological polar surface area (TPSA) is 78.4 Å². The Balaban J connectivity index is -0.0000000600. The Hall–Kier alpha value is 3.06. The minimum absolute atomic E-state index is 0. The number of rotatable bonds is 2. The van der Waals surface area contributed by atoms with Crippen LogP contribution in [-0.2, 0) is 4.43 Å². The van der Waals surface area contributed by atoms with Gasteiger partial charge in [0, 0.05) is 6.61 Å². The first-order valence-corrected chi connectivity index (χ1v) is 3.45. The smallest absolute Gasteiger partial charge is 0.861 e. The molecule has 0 aliphatic rings. The van der Waals surface area contributed by atoms with E-state index < -0.39 is 9.05 Å². The number of hydrogen-bond acceptors (Lipinski definition) is 4. The summed E-state index contributed by atoms with van der Waals surface area (Å²) < 4.78 is 3.70. The molecule has 0 aromatic heterocycles. The third-order valence-electron chi connectivity index (χ3n) is 0.321. The molecular formula is C2H5Na3O4Si. The minimum atomic E-state index is -4.91. The summed E-state index contributed by atoms with van der Waals surface area (Å²) in [6.07, 6.45) is 0. The Labute approximate surface area is 128 Å². The van der Waals surface area contributed by atoms with Crippen LogP contribution in [-0.4, -0.2) is 15.7 Å². The molecule has 0 aliphatic heterocycles. The first-order chi connectivity index (χ1) is 3.06. The van der Waals surface area contributed by atoms with E-state index in [0.29, 0.717) is 0 Å². The summed E-state index contributed by atoms with van der Waals surface area (Å²) in [5, 5.41) is 0. The molecule has 0 radical (unpaired) electrons. The summed E-state index contributed by atoms with van der Waals surface area (Å²) in [4.78, 5) is 28.5. The molecule has 0 unspecified atom stereocenters. The SMILES string of the molecule is CCO[Si]([O-])([O-])[O-].[Na+].[Na+].[Na+]. The van der Waals surface area contributed by atoms with Gasteiger partial charge in [0.15, 0.2) is 0 Å². The summed E-state index contributed by atoms with van der Waals surface area (Å²) in [5.74, 6) is 0. The second kappa shape index (κ2) is 12.1. The third kappa shape index (κ3) is 22.5. The van der Waals surface area contributed by atoms with Gasteiger partial charge in [-0.2, -0.15) is 0 Å². The molecule has 8 heteroatoms. The minimum Gasteiger partial charge on any atom is -0.861 e. The van der Waals surface area contributed by atoms with Crippen LogP contribution >= 0.6 is 0 Å². The van der Waals surface area contributed by atoms with Gasteiger partial charge in [-0.15, -0.1) is 9.05 Å². The van der Waals surface area contributed by atoms with E-state index in [1.165, 1.54) is 6.92 Å². The Morgan fingerprint density at radius 1 is 1.10 bits per heavy atom. The molecule has 0 amide bonds. The molecule has 0 rings (SSSR count). The third-order valence-corrected chi connectivity index (χ3v) is 0.963. The molecule has 10 heavy (non-hydrogen) atoms. The van der Waals surface area contributed by atoms with Gasteiger partial charge in [-0.3, -0.25) is 0 Å². The molecule has 0 aliphatic carbocycles. The van der Waals surface area contributed by atoms with Gasteiger partial charge in [0.25, 0.3) is 0 Å². The Morgan fingerprint density at radius 2 is 1.40 bits per heavy atom. The fourth-order valence-electron chi connectivity index (χ4n) is 0.177. The summed E-state index contributed by atoms with van der Waals surface area (Å²) in [7, 11) is -4.91. The van der Waals surface area contributed by atoms with Gasteiger partial charge in [-0.1, -0.05) is 0 Å². The van der Waals surface area contributed by atoms with E-state index in [1.54, 1.807) is 0 Å². The normalized spacial score (nSPS) is 8.40. The Bertz CT molecular complexity index is 57.0. The molecular weight excluding hydrogens is 185 g/mol. The monoisotopic (exact) mass is 190 g/mol. The summed E-state index contributed by atoms with van der Waals surface area (Å²) in [5.41, 5.74) is 0. The second-order valence-electron chi connectivity index (χ2n) is 0.933. The molecule has 0 N–H and O–H groups in total. The summed E-state index contributed by atoms with van der Waals surface area (Å²) in [6.45, 7) is 1.37. The van der Waals surface area contributed by atoms with Crippen LogP contribution in [0.5, 0.6) is 0 Å². The average molecular weight is 190 g/mol. The van der Waals surface area contributed by atoms with Gasteiger partial charge >= 0.3 is 88.7 Å². The molecule has 0 heterocycles. The van der Waals surface area contributed by atoms with Gasteiger partial charge in [0.1, 0.15) is 0 Å². The van der Waals surface area contributed by atoms with Crippen molar-refractivity contribution in [3.8, 4) is 0 Å². The Morgan fingerprint density at radius 3 is 1.40 bits per heavy atom. The molecule has 0 atom stereocenters. The van der Waals surface area contributed by atoms with Crippen LogP contribution in [0, 0.1) is 0 Å². The van der Waals surface area contributed by atoms with Gasteiger partial charge in [-0.25, -0.2) is 0 Å². The predicted molar refractivity (Wildman–Crippen MR) is 17.4 cm³/mol. The first-order valence-electron chi connectivity index (χ1n) is 1.81. The summed E-state index contributed by atoms with van der Waals surface area (Å²) in [6, 6.07) is 0. The molecule has 44 valence electrons. The van der Waals surface area contributed by atoms with E-state index in [4.69, 9.17) is 0 Å². The first kappa shape index (κ1) is 23.1.